The monoisotopic (exact) mass is 843 g/mol. The third kappa shape index (κ3) is 7.42. The van der Waals surface area contributed by atoms with Crippen molar-refractivity contribution in [1.29, 1.82) is 0 Å². The SMILES string of the molecule is O=C([O-])c1ccc(-c2c3nc(c(-c4ccc(C(=O)[O-])cc4)c4ccc([n-]4)c(-c4ccc(C(=O)[O-])cc4)c4nc(c(-c5ccc(C(=O)[O-])cc5)c5ccc2[n-]5)C=C4)C=C3)cc1.[Co+2]. The molecule has 5 heterocycles. The average Bonchev–Trinajstić information content (AvgIpc) is 4.10. The number of aromatic nitrogens is 4. The normalized spacial score (nSPS) is 11.5. The molecule has 0 N–H and O–H groups in total. The van der Waals surface area contributed by atoms with Gasteiger partial charge in [0.05, 0.1) is 46.7 Å². The molecule has 12 nitrogen and oxygen atoms in total. The van der Waals surface area contributed by atoms with Crippen LogP contribution in [0.4, 0.5) is 0 Å². The van der Waals surface area contributed by atoms with Crippen LogP contribution in [0.3, 0.4) is 0 Å². The minimum absolute atomic E-state index is 0. The molecule has 0 fully saturated rings. The predicted octanol–water partition coefficient (Wildman–Crippen LogP) is 4.03. The van der Waals surface area contributed by atoms with Crippen LogP contribution in [0, 0.1) is 0 Å². The Morgan fingerprint density at radius 3 is 0.705 bits per heavy atom. The Bertz CT molecular complexity index is 2760. The van der Waals surface area contributed by atoms with Crippen LogP contribution in [0.15, 0.2) is 121 Å². The molecule has 0 amide bonds. The maximum Gasteiger partial charge on any atom is 2.00 e. The van der Waals surface area contributed by atoms with Crippen molar-refractivity contribution in [2.24, 2.45) is 0 Å². The van der Waals surface area contributed by atoms with Crippen molar-refractivity contribution in [3.63, 3.8) is 0 Å². The number of carbonyl (C=O) groups is 4. The van der Waals surface area contributed by atoms with Gasteiger partial charge in [0.25, 0.3) is 0 Å². The maximum absolute atomic E-state index is 11.7. The first-order valence-electron chi connectivity index (χ1n) is 18.4. The third-order valence-electron chi connectivity index (χ3n) is 10.2. The number of aromatic carboxylic acids is 4. The summed E-state index contributed by atoms with van der Waals surface area (Å²) in [6.45, 7) is 0. The van der Waals surface area contributed by atoms with E-state index in [1.807, 2.05) is 0 Å². The molecule has 0 aliphatic carbocycles. The van der Waals surface area contributed by atoms with E-state index in [-0.39, 0.29) is 39.0 Å². The fourth-order valence-electron chi connectivity index (χ4n) is 7.36. The number of carbonyl (C=O) groups excluding carboxylic acids is 4. The Morgan fingerprint density at radius 1 is 0.328 bits per heavy atom. The van der Waals surface area contributed by atoms with E-state index in [0.717, 1.165) is 0 Å². The van der Waals surface area contributed by atoms with Gasteiger partial charge in [-0.05, 0) is 91.1 Å². The summed E-state index contributed by atoms with van der Waals surface area (Å²) in [5.74, 6) is -5.34. The number of rotatable bonds is 8. The Hall–Kier alpha value is -8.13. The predicted molar refractivity (Wildman–Crippen MR) is 216 cm³/mol. The van der Waals surface area contributed by atoms with Gasteiger partial charge in [0.1, 0.15) is 0 Å². The summed E-state index contributed by atoms with van der Waals surface area (Å²) >= 11 is 0. The van der Waals surface area contributed by atoms with Crippen LogP contribution in [0.2, 0.25) is 0 Å². The molecule has 13 heteroatoms. The number of carboxylic acid groups (broad SMARTS) is 4. The Kier molecular flexibility index (Phi) is 10.3. The fourth-order valence-corrected chi connectivity index (χ4v) is 7.36. The molecule has 2 aliphatic heterocycles. The van der Waals surface area contributed by atoms with E-state index < -0.39 is 23.9 Å². The van der Waals surface area contributed by atoms with Crippen molar-refractivity contribution in [3.05, 3.63) is 166 Å². The van der Waals surface area contributed by atoms with Crippen LogP contribution in [-0.2, 0) is 16.8 Å². The van der Waals surface area contributed by atoms with Crippen LogP contribution in [-0.4, -0.2) is 33.8 Å². The standard InChI is InChI=1S/C48H30N4O8.Co/c53-45(54)29-9-1-25(2-10-29)41-33-17-19-35(49-33)42(26-3-11-30(12-4-26)46(55)56)37-21-23-39(51-37)44(28-7-15-32(16-8-28)48(59)60)40-24-22-38(52-40)43(36-20-18-34(41)50-36)27-5-13-31(14-6-27)47(57)58;/h1-24H,(H6,49,50,51,52,53,54,55,56,57,58,59,60);/q;+2/p-6. The van der Waals surface area contributed by atoms with Gasteiger partial charge in [-0.15, -0.1) is 22.1 Å². The van der Waals surface area contributed by atoms with Crippen LogP contribution < -0.4 is 30.4 Å². The number of carboxylic acids is 4. The molecule has 61 heavy (non-hydrogen) atoms. The first kappa shape index (κ1) is 39.7. The first-order chi connectivity index (χ1) is 29.0. The third-order valence-corrected chi connectivity index (χ3v) is 10.2. The molecule has 0 saturated carbocycles. The second-order valence-corrected chi connectivity index (χ2v) is 13.8. The van der Waals surface area contributed by atoms with E-state index in [4.69, 9.17) is 19.9 Å². The second-order valence-electron chi connectivity index (χ2n) is 13.8. The van der Waals surface area contributed by atoms with Crippen molar-refractivity contribution in [3.8, 4) is 44.5 Å². The quantitative estimate of drug-likeness (QED) is 0.212. The van der Waals surface area contributed by atoms with Crippen LogP contribution >= 0.6 is 0 Å². The van der Waals surface area contributed by atoms with E-state index in [0.29, 0.717) is 89.4 Å². The molecule has 1 radical (unpaired) electrons. The molecular weight excluding hydrogens is 819 g/mol. The Balaban J connectivity index is 0.00000514. The number of hydrogen-bond donors (Lipinski definition) is 0. The number of benzene rings is 4. The molecule has 0 spiro atoms. The molecule has 0 unspecified atom stereocenters. The first-order valence-corrected chi connectivity index (χ1v) is 18.4. The van der Waals surface area contributed by atoms with E-state index in [9.17, 15) is 39.6 Å². The maximum atomic E-state index is 11.7. The molecule has 0 saturated heterocycles. The van der Waals surface area contributed by atoms with E-state index >= 15 is 0 Å². The van der Waals surface area contributed by atoms with Gasteiger partial charge >= 0.3 is 16.8 Å². The van der Waals surface area contributed by atoms with Crippen molar-refractivity contribution in [2.75, 3.05) is 0 Å². The Morgan fingerprint density at radius 2 is 0.525 bits per heavy atom. The fraction of sp³-hybridized carbons (Fsp3) is 0. The van der Waals surface area contributed by atoms with Gasteiger partial charge in [0.15, 0.2) is 0 Å². The van der Waals surface area contributed by atoms with E-state index in [1.54, 1.807) is 97.1 Å². The van der Waals surface area contributed by atoms with Crippen molar-refractivity contribution >= 4 is 70.2 Å². The molecule has 3 aromatic heterocycles. The van der Waals surface area contributed by atoms with E-state index in [1.165, 1.54) is 48.5 Å². The molecule has 0 atom stereocenters. The van der Waals surface area contributed by atoms with Crippen molar-refractivity contribution < 1.29 is 56.4 Å². The van der Waals surface area contributed by atoms with Gasteiger partial charge in [-0.1, -0.05) is 121 Å². The van der Waals surface area contributed by atoms with Gasteiger partial charge in [0.2, 0.25) is 0 Å². The van der Waals surface area contributed by atoms with Gasteiger partial charge < -0.3 is 49.6 Å². The summed E-state index contributed by atoms with van der Waals surface area (Å²) in [5.41, 5.74) is 8.39. The molecular formula is C48H24CoN4O8-4. The molecule has 8 bridgehead atoms. The Labute approximate surface area is 356 Å². The second kappa shape index (κ2) is 15.9. The number of hydrogen-bond acceptors (Lipinski definition) is 10. The summed E-state index contributed by atoms with van der Waals surface area (Å²) in [5, 5.41) is 46.8. The molecule has 297 valence electrons. The summed E-state index contributed by atoms with van der Waals surface area (Å²) in [7, 11) is 0. The van der Waals surface area contributed by atoms with E-state index in [2.05, 4.69) is 0 Å². The van der Waals surface area contributed by atoms with Gasteiger partial charge in [-0.3, -0.25) is 0 Å². The largest absolute Gasteiger partial charge is 2.00 e. The number of nitrogens with zero attached hydrogens (tertiary/aromatic N) is 4. The molecule has 7 aromatic rings. The van der Waals surface area contributed by atoms with Crippen LogP contribution in [0.25, 0.3) is 90.9 Å². The zero-order chi connectivity index (χ0) is 41.7. The summed E-state index contributed by atoms with van der Waals surface area (Å²) in [4.78, 5) is 67.2. The minimum Gasteiger partial charge on any atom is -0.657 e. The topological polar surface area (TPSA) is 214 Å². The van der Waals surface area contributed by atoms with Crippen LogP contribution in [0.1, 0.15) is 64.2 Å². The zero-order valence-electron chi connectivity index (χ0n) is 31.2. The minimum atomic E-state index is -1.34. The smallest absolute Gasteiger partial charge is 0.657 e. The van der Waals surface area contributed by atoms with Gasteiger partial charge in [-0.25, -0.2) is 9.97 Å². The summed E-state index contributed by atoms with van der Waals surface area (Å²) in [6, 6.07) is 31.8. The van der Waals surface area contributed by atoms with Crippen LogP contribution in [0.5, 0.6) is 0 Å². The summed E-state index contributed by atoms with van der Waals surface area (Å²) < 4.78 is 0. The molecule has 2 aliphatic rings. The average molecular weight is 844 g/mol. The van der Waals surface area contributed by atoms with Crippen molar-refractivity contribution in [1.82, 2.24) is 19.9 Å². The van der Waals surface area contributed by atoms with Crippen molar-refractivity contribution in [2.45, 2.75) is 0 Å². The number of fused-ring (bicyclic) bond motifs is 8. The molecule has 4 aromatic carbocycles. The van der Waals surface area contributed by atoms with Gasteiger partial charge in [0, 0.05) is 0 Å². The summed E-state index contributed by atoms with van der Waals surface area (Å²) in [6.07, 6.45) is 7.20. The van der Waals surface area contributed by atoms with Gasteiger partial charge in [-0.2, -0.15) is 0 Å². The zero-order valence-corrected chi connectivity index (χ0v) is 32.3. The molecule has 9 rings (SSSR count).